The van der Waals surface area contributed by atoms with Crippen molar-refractivity contribution in [3.8, 4) is 5.75 Å². The van der Waals surface area contributed by atoms with Crippen molar-refractivity contribution in [2.75, 3.05) is 11.1 Å². The fourth-order valence-corrected chi connectivity index (χ4v) is 1.69. The Morgan fingerprint density at radius 1 is 1.33 bits per heavy atom. The SMILES string of the molecule is Cc1cc(N)c(C(=O)Nc2ccc(OC(F)F)cc2)cn1. The van der Waals surface area contributed by atoms with Gasteiger partial charge in [0.15, 0.2) is 0 Å². The quantitative estimate of drug-likeness (QED) is 0.908. The Bertz CT molecular complexity index is 645. The number of amides is 1. The minimum atomic E-state index is -2.89. The number of nitrogens with one attached hydrogen (secondary N) is 1. The number of carbonyl (C=O) groups excluding carboxylic acids is 1. The third kappa shape index (κ3) is 3.88. The summed E-state index contributed by atoms with van der Waals surface area (Å²) in [5, 5.41) is 2.60. The van der Waals surface area contributed by atoms with E-state index >= 15 is 0 Å². The summed E-state index contributed by atoms with van der Waals surface area (Å²) in [4.78, 5) is 16.0. The number of halogens is 2. The summed E-state index contributed by atoms with van der Waals surface area (Å²) in [6.45, 7) is -1.12. The zero-order chi connectivity index (χ0) is 15.4. The highest BCUT2D eigenvalue weighted by atomic mass is 19.3. The van der Waals surface area contributed by atoms with E-state index in [0.29, 0.717) is 17.1 Å². The summed E-state index contributed by atoms with van der Waals surface area (Å²) < 4.78 is 28.2. The summed E-state index contributed by atoms with van der Waals surface area (Å²) in [6, 6.07) is 7.16. The lowest BCUT2D eigenvalue weighted by Gasteiger charge is -2.09. The second-order valence-corrected chi connectivity index (χ2v) is 4.27. The van der Waals surface area contributed by atoms with E-state index in [1.165, 1.54) is 30.5 Å². The van der Waals surface area contributed by atoms with Gasteiger partial charge < -0.3 is 15.8 Å². The Hall–Kier alpha value is -2.70. The van der Waals surface area contributed by atoms with E-state index in [-0.39, 0.29) is 11.3 Å². The molecule has 3 N–H and O–H groups in total. The van der Waals surface area contributed by atoms with E-state index in [0.717, 1.165) is 0 Å². The van der Waals surface area contributed by atoms with Gasteiger partial charge in [0.25, 0.3) is 5.91 Å². The Morgan fingerprint density at radius 3 is 2.57 bits per heavy atom. The normalized spacial score (nSPS) is 10.5. The van der Waals surface area contributed by atoms with Crippen LogP contribution in [0.2, 0.25) is 0 Å². The molecule has 1 amide bonds. The number of nitrogen functional groups attached to an aromatic ring is 1. The van der Waals surface area contributed by atoms with Gasteiger partial charge in [-0.3, -0.25) is 9.78 Å². The van der Waals surface area contributed by atoms with Gasteiger partial charge in [-0.1, -0.05) is 0 Å². The molecule has 0 aliphatic heterocycles. The zero-order valence-corrected chi connectivity index (χ0v) is 11.1. The zero-order valence-electron chi connectivity index (χ0n) is 11.1. The van der Waals surface area contributed by atoms with E-state index < -0.39 is 12.5 Å². The number of hydrogen-bond acceptors (Lipinski definition) is 4. The van der Waals surface area contributed by atoms with Gasteiger partial charge in [0.2, 0.25) is 0 Å². The number of nitrogens with two attached hydrogens (primary N) is 1. The summed E-state index contributed by atoms with van der Waals surface area (Å²) >= 11 is 0. The average molecular weight is 293 g/mol. The first-order chi connectivity index (χ1) is 9.95. The number of ether oxygens (including phenoxy) is 1. The molecule has 0 spiro atoms. The molecule has 0 aliphatic carbocycles. The van der Waals surface area contributed by atoms with Crippen LogP contribution in [-0.4, -0.2) is 17.5 Å². The first kappa shape index (κ1) is 14.7. The van der Waals surface area contributed by atoms with Gasteiger partial charge in [-0.25, -0.2) is 0 Å². The molecule has 7 heteroatoms. The second-order valence-electron chi connectivity index (χ2n) is 4.27. The number of aryl methyl sites for hydroxylation is 1. The van der Waals surface area contributed by atoms with Crippen LogP contribution in [0, 0.1) is 6.92 Å². The molecule has 0 atom stereocenters. The van der Waals surface area contributed by atoms with Crippen LogP contribution in [0.25, 0.3) is 0 Å². The third-order valence-electron chi connectivity index (χ3n) is 2.65. The van der Waals surface area contributed by atoms with Crippen LogP contribution < -0.4 is 15.8 Å². The third-order valence-corrected chi connectivity index (χ3v) is 2.65. The van der Waals surface area contributed by atoms with E-state index in [1.54, 1.807) is 13.0 Å². The first-order valence-corrected chi connectivity index (χ1v) is 6.04. The van der Waals surface area contributed by atoms with Gasteiger partial charge in [0.05, 0.1) is 5.56 Å². The van der Waals surface area contributed by atoms with E-state index in [4.69, 9.17) is 5.73 Å². The topological polar surface area (TPSA) is 77.2 Å². The van der Waals surface area contributed by atoms with E-state index in [9.17, 15) is 13.6 Å². The number of alkyl halides is 2. The van der Waals surface area contributed by atoms with Crippen LogP contribution in [0.1, 0.15) is 16.1 Å². The van der Waals surface area contributed by atoms with Gasteiger partial charge in [-0.05, 0) is 37.3 Å². The molecule has 0 saturated carbocycles. The standard InChI is InChI=1S/C14H13F2N3O2/c1-8-6-12(17)11(7-18-8)13(20)19-9-2-4-10(5-3-9)21-14(15)16/h2-7,14H,1H3,(H2,17,18)(H,19,20). The number of anilines is 2. The molecule has 0 aliphatic rings. The maximum Gasteiger partial charge on any atom is 0.387 e. The van der Waals surface area contributed by atoms with Crippen LogP contribution >= 0.6 is 0 Å². The summed E-state index contributed by atoms with van der Waals surface area (Å²) in [5.41, 5.74) is 7.45. The molecule has 0 radical (unpaired) electrons. The number of pyridine rings is 1. The highest BCUT2D eigenvalue weighted by molar-refractivity contribution is 6.07. The maximum absolute atomic E-state index is 12.0. The monoisotopic (exact) mass is 293 g/mol. The largest absolute Gasteiger partial charge is 0.435 e. The molecule has 1 aromatic carbocycles. The van der Waals surface area contributed by atoms with Crippen molar-refractivity contribution in [2.24, 2.45) is 0 Å². The molecule has 0 bridgehead atoms. The summed E-state index contributed by atoms with van der Waals surface area (Å²) in [7, 11) is 0. The molecule has 110 valence electrons. The molecule has 21 heavy (non-hydrogen) atoms. The first-order valence-electron chi connectivity index (χ1n) is 6.04. The molecule has 1 heterocycles. The highest BCUT2D eigenvalue weighted by Crippen LogP contribution is 2.19. The van der Waals surface area contributed by atoms with Gasteiger partial charge in [-0.15, -0.1) is 0 Å². The Balaban J connectivity index is 2.08. The van der Waals surface area contributed by atoms with E-state index in [1.807, 2.05) is 0 Å². The lowest BCUT2D eigenvalue weighted by Crippen LogP contribution is -2.14. The van der Waals surface area contributed by atoms with Gasteiger partial charge in [0.1, 0.15) is 5.75 Å². The summed E-state index contributed by atoms with van der Waals surface area (Å²) in [6.07, 6.45) is 1.38. The average Bonchev–Trinajstić information content (AvgIpc) is 2.40. The van der Waals surface area contributed by atoms with Crippen LogP contribution in [-0.2, 0) is 0 Å². The Kier molecular flexibility index (Phi) is 4.32. The Morgan fingerprint density at radius 2 is 2.00 bits per heavy atom. The van der Waals surface area contributed by atoms with Crippen molar-refractivity contribution in [1.82, 2.24) is 4.98 Å². The van der Waals surface area contributed by atoms with Crippen LogP contribution in [0.5, 0.6) is 5.75 Å². The summed E-state index contributed by atoms with van der Waals surface area (Å²) in [5.74, 6) is -0.415. The molecule has 2 rings (SSSR count). The molecule has 0 saturated heterocycles. The lowest BCUT2D eigenvalue weighted by atomic mass is 10.2. The second kappa shape index (κ2) is 6.17. The fourth-order valence-electron chi connectivity index (χ4n) is 1.69. The number of aromatic nitrogens is 1. The minimum Gasteiger partial charge on any atom is -0.435 e. The van der Waals surface area contributed by atoms with Crippen molar-refractivity contribution in [3.63, 3.8) is 0 Å². The van der Waals surface area contributed by atoms with Crippen molar-refractivity contribution in [3.05, 3.63) is 47.8 Å². The number of carbonyl (C=O) groups is 1. The molecule has 0 fully saturated rings. The number of nitrogens with zero attached hydrogens (tertiary/aromatic N) is 1. The van der Waals surface area contributed by atoms with Crippen molar-refractivity contribution in [1.29, 1.82) is 0 Å². The highest BCUT2D eigenvalue weighted by Gasteiger charge is 2.11. The van der Waals surface area contributed by atoms with Gasteiger partial charge >= 0.3 is 6.61 Å². The Labute approximate surface area is 119 Å². The number of benzene rings is 1. The van der Waals surface area contributed by atoms with E-state index in [2.05, 4.69) is 15.0 Å². The van der Waals surface area contributed by atoms with Crippen LogP contribution in [0.4, 0.5) is 20.2 Å². The molecule has 2 aromatic rings. The maximum atomic E-state index is 12.0. The molecular weight excluding hydrogens is 280 g/mol. The number of rotatable bonds is 4. The predicted molar refractivity (Wildman–Crippen MR) is 74.4 cm³/mol. The molecular formula is C14H13F2N3O2. The molecule has 1 aromatic heterocycles. The smallest absolute Gasteiger partial charge is 0.387 e. The van der Waals surface area contributed by atoms with Crippen molar-refractivity contribution >= 4 is 17.3 Å². The van der Waals surface area contributed by atoms with Crippen LogP contribution in [0.15, 0.2) is 36.5 Å². The van der Waals surface area contributed by atoms with Gasteiger partial charge in [-0.2, -0.15) is 8.78 Å². The fraction of sp³-hybridized carbons (Fsp3) is 0.143. The number of hydrogen-bond donors (Lipinski definition) is 2. The predicted octanol–water partition coefficient (Wildman–Crippen LogP) is 2.83. The molecule has 0 unspecified atom stereocenters. The van der Waals surface area contributed by atoms with Gasteiger partial charge in [0, 0.05) is 23.3 Å². The minimum absolute atomic E-state index is 0.0134. The molecule has 5 nitrogen and oxygen atoms in total. The van der Waals surface area contributed by atoms with Crippen molar-refractivity contribution < 1.29 is 18.3 Å². The lowest BCUT2D eigenvalue weighted by molar-refractivity contribution is -0.0498. The van der Waals surface area contributed by atoms with Crippen LogP contribution in [0.3, 0.4) is 0 Å². The van der Waals surface area contributed by atoms with Crippen molar-refractivity contribution in [2.45, 2.75) is 13.5 Å².